The molecule has 19 heavy (non-hydrogen) atoms. The second kappa shape index (κ2) is 7.60. The van der Waals surface area contributed by atoms with Gasteiger partial charge in [0.2, 0.25) is 5.91 Å². The summed E-state index contributed by atoms with van der Waals surface area (Å²) < 4.78 is 0. The molecule has 0 saturated carbocycles. The van der Waals surface area contributed by atoms with E-state index >= 15 is 0 Å². The zero-order valence-corrected chi connectivity index (χ0v) is 11.6. The van der Waals surface area contributed by atoms with Gasteiger partial charge in [-0.3, -0.25) is 4.79 Å². The van der Waals surface area contributed by atoms with E-state index in [0.29, 0.717) is 18.9 Å². The fourth-order valence-corrected chi connectivity index (χ4v) is 2.09. The molecule has 0 heterocycles. The average Bonchev–Trinajstić information content (AvgIpc) is 2.37. The van der Waals surface area contributed by atoms with Crippen LogP contribution in [0.3, 0.4) is 0 Å². The van der Waals surface area contributed by atoms with Crippen molar-refractivity contribution < 1.29 is 4.79 Å². The molecule has 3 N–H and O–H groups in total. The zero-order valence-electron chi connectivity index (χ0n) is 11.6. The van der Waals surface area contributed by atoms with Gasteiger partial charge in [-0.05, 0) is 43.0 Å². The molecule has 1 unspecified atom stereocenters. The van der Waals surface area contributed by atoms with Gasteiger partial charge in [0.15, 0.2) is 0 Å². The smallest absolute Gasteiger partial charge is 0.224 e. The van der Waals surface area contributed by atoms with Crippen LogP contribution in [0.25, 0.3) is 0 Å². The van der Waals surface area contributed by atoms with E-state index in [4.69, 9.17) is 12.2 Å². The van der Waals surface area contributed by atoms with Crippen LogP contribution < -0.4 is 11.1 Å². The summed E-state index contributed by atoms with van der Waals surface area (Å²) in [5.41, 5.74) is 7.20. The van der Waals surface area contributed by atoms with Crippen LogP contribution in [0.15, 0.2) is 24.3 Å². The molecule has 0 radical (unpaired) electrons. The number of anilines is 1. The lowest BCUT2D eigenvalue weighted by Crippen LogP contribution is -2.23. The fraction of sp³-hybridized carbons (Fsp3) is 0.438. The number of hydrogen-bond acceptors (Lipinski definition) is 2. The number of benzene rings is 1. The van der Waals surface area contributed by atoms with Crippen LogP contribution in [-0.2, 0) is 4.79 Å². The Morgan fingerprint density at radius 3 is 2.79 bits per heavy atom. The van der Waals surface area contributed by atoms with Crippen molar-refractivity contribution in [3.8, 4) is 12.3 Å². The maximum atomic E-state index is 11.9. The molecule has 3 heteroatoms. The van der Waals surface area contributed by atoms with Crippen LogP contribution >= 0.6 is 0 Å². The summed E-state index contributed by atoms with van der Waals surface area (Å²) in [7, 11) is 0. The van der Waals surface area contributed by atoms with Crippen LogP contribution in [0.2, 0.25) is 0 Å². The Kier molecular flexibility index (Phi) is 6.11. The van der Waals surface area contributed by atoms with Gasteiger partial charge in [0.1, 0.15) is 0 Å². The second-order valence-corrected chi connectivity index (χ2v) is 5.21. The van der Waals surface area contributed by atoms with Crippen LogP contribution in [0.5, 0.6) is 0 Å². The molecule has 102 valence electrons. The first kappa shape index (κ1) is 15.3. The van der Waals surface area contributed by atoms with Gasteiger partial charge in [-0.25, -0.2) is 0 Å². The van der Waals surface area contributed by atoms with Gasteiger partial charge in [0.25, 0.3) is 0 Å². The molecule has 0 aliphatic rings. The van der Waals surface area contributed by atoms with E-state index < -0.39 is 0 Å². The summed E-state index contributed by atoms with van der Waals surface area (Å²) >= 11 is 0. The average molecular weight is 258 g/mol. The molecule has 1 atom stereocenters. The van der Waals surface area contributed by atoms with Crippen LogP contribution in [0.4, 0.5) is 5.69 Å². The van der Waals surface area contributed by atoms with Gasteiger partial charge < -0.3 is 11.1 Å². The summed E-state index contributed by atoms with van der Waals surface area (Å²) in [4.78, 5) is 11.9. The van der Waals surface area contributed by atoms with Crippen molar-refractivity contribution in [2.45, 2.75) is 26.7 Å². The first-order valence-electron chi connectivity index (χ1n) is 6.61. The van der Waals surface area contributed by atoms with E-state index in [2.05, 4.69) is 25.1 Å². The molecular weight excluding hydrogens is 236 g/mol. The highest BCUT2D eigenvalue weighted by Crippen LogP contribution is 2.16. The molecule has 1 rings (SSSR count). The highest BCUT2D eigenvalue weighted by Gasteiger charge is 2.14. The standard InChI is InChI=1S/C16H22N2O/c1-4-13-6-5-7-15(9-13)18-16(19)10-14(11-17)8-12(2)3/h1,5-7,9,12,14H,8,10-11,17H2,2-3H3,(H,18,19). The molecule has 0 bridgehead atoms. The van der Waals surface area contributed by atoms with Crippen molar-refractivity contribution in [1.29, 1.82) is 0 Å². The lowest BCUT2D eigenvalue weighted by molar-refractivity contribution is -0.117. The number of nitrogens with two attached hydrogens (primary N) is 1. The lowest BCUT2D eigenvalue weighted by Gasteiger charge is -2.16. The Labute approximate surface area is 115 Å². The van der Waals surface area contributed by atoms with E-state index in [0.717, 1.165) is 17.7 Å². The Balaban J connectivity index is 2.56. The Hall–Kier alpha value is -1.79. The number of carbonyl (C=O) groups is 1. The molecular formula is C16H22N2O. The van der Waals surface area contributed by atoms with Crippen molar-refractivity contribution in [2.24, 2.45) is 17.6 Å². The Morgan fingerprint density at radius 1 is 1.47 bits per heavy atom. The summed E-state index contributed by atoms with van der Waals surface area (Å²) in [5.74, 6) is 3.32. The third-order valence-corrected chi connectivity index (χ3v) is 2.93. The van der Waals surface area contributed by atoms with Crippen molar-refractivity contribution in [2.75, 3.05) is 11.9 Å². The number of amides is 1. The van der Waals surface area contributed by atoms with Gasteiger partial charge in [0, 0.05) is 17.7 Å². The summed E-state index contributed by atoms with van der Waals surface area (Å²) in [6.07, 6.45) is 6.75. The SMILES string of the molecule is C#Cc1cccc(NC(=O)CC(CN)CC(C)C)c1. The molecule has 0 aliphatic heterocycles. The van der Waals surface area contributed by atoms with Gasteiger partial charge in [-0.1, -0.05) is 25.8 Å². The molecule has 3 nitrogen and oxygen atoms in total. The molecule has 0 saturated heterocycles. The van der Waals surface area contributed by atoms with Crippen LogP contribution in [-0.4, -0.2) is 12.5 Å². The summed E-state index contributed by atoms with van der Waals surface area (Å²) in [5, 5.41) is 2.86. The number of rotatable bonds is 6. The third-order valence-electron chi connectivity index (χ3n) is 2.93. The molecule has 1 amide bonds. The van der Waals surface area contributed by atoms with Gasteiger partial charge in [0.05, 0.1) is 0 Å². The third kappa shape index (κ3) is 5.58. The minimum atomic E-state index is -0.00901. The van der Waals surface area contributed by atoms with Gasteiger partial charge in [-0.15, -0.1) is 6.42 Å². The van der Waals surface area contributed by atoms with E-state index in [1.807, 2.05) is 18.2 Å². The van der Waals surface area contributed by atoms with Gasteiger partial charge in [-0.2, -0.15) is 0 Å². The van der Waals surface area contributed by atoms with Crippen molar-refractivity contribution in [3.63, 3.8) is 0 Å². The number of nitrogens with one attached hydrogen (secondary N) is 1. The molecule has 1 aromatic rings. The first-order valence-corrected chi connectivity index (χ1v) is 6.61. The molecule has 1 aromatic carbocycles. The van der Waals surface area contributed by atoms with Crippen LogP contribution in [0, 0.1) is 24.2 Å². The summed E-state index contributed by atoms with van der Waals surface area (Å²) in [6, 6.07) is 7.28. The molecule has 0 fully saturated rings. The Morgan fingerprint density at radius 2 is 2.21 bits per heavy atom. The van der Waals surface area contributed by atoms with E-state index in [-0.39, 0.29) is 11.8 Å². The quantitative estimate of drug-likeness (QED) is 0.771. The monoisotopic (exact) mass is 258 g/mol. The fourth-order valence-electron chi connectivity index (χ4n) is 2.09. The van der Waals surface area contributed by atoms with Crippen LogP contribution in [0.1, 0.15) is 32.3 Å². The van der Waals surface area contributed by atoms with Crippen molar-refractivity contribution in [1.82, 2.24) is 0 Å². The minimum Gasteiger partial charge on any atom is -0.330 e. The second-order valence-electron chi connectivity index (χ2n) is 5.21. The van der Waals surface area contributed by atoms with E-state index in [1.54, 1.807) is 6.07 Å². The number of carbonyl (C=O) groups excluding carboxylic acids is 1. The van der Waals surface area contributed by atoms with Gasteiger partial charge >= 0.3 is 0 Å². The first-order chi connectivity index (χ1) is 9.05. The summed E-state index contributed by atoms with van der Waals surface area (Å²) in [6.45, 7) is 4.81. The highest BCUT2D eigenvalue weighted by molar-refractivity contribution is 5.91. The predicted octanol–water partition coefficient (Wildman–Crippen LogP) is 2.62. The molecule has 0 spiro atoms. The topological polar surface area (TPSA) is 55.1 Å². The highest BCUT2D eigenvalue weighted by atomic mass is 16.1. The molecule has 0 aromatic heterocycles. The maximum Gasteiger partial charge on any atom is 0.224 e. The predicted molar refractivity (Wildman–Crippen MR) is 79.6 cm³/mol. The van der Waals surface area contributed by atoms with E-state index in [1.165, 1.54) is 0 Å². The zero-order chi connectivity index (χ0) is 14.3. The minimum absolute atomic E-state index is 0.00901. The largest absolute Gasteiger partial charge is 0.330 e. The van der Waals surface area contributed by atoms with Crippen molar-refractivity contribution in [3.05, 3.63) is 29.8 Å². The molecule has 0 aliphatic carbocycles. The number of terminal acetylenes is 1. The van der Waals surface area contributed by atoms with E-state index in [9.17, 15) is 4.79 Å². The maximum absolute atomic E-state index is 11.9. The normalized spacial score (nSPS) is 11.9. The van der Waals surface area contributed by atoms with Crippen molar-refractivity contribution >= 4 is 11.6 Å². The number of hydrogen-bond donors (Lipinski definition) is 2. The lowest BCUT2D eigenvalue weighted by atomic mass is 9.94. The Bertz CT molecular complexity index is 460.